The Morgan fingerprint density at radius 3 is 2.56 bits per heavy atom. The fraction of sp³-hybridized carbons (Fsp3) is 1.00. The Bertz CT molecular complexity index is 204. The summed E-state index contributed by atoms with van der Waals surface area (Å²) in [6.07, 6.45) is 1.54. The van der Waals surface area contributed by atoms with Gasteiger partial charge in [-0.1, -0.05) is 27.7 Å². The molecule has 0 amide bonds. The molecule has 0 aromatic heterocycles. The number of nitrogens with one attached hydrogen (secondary N) is 1. The van der Waals surface area contributed by atoms with Crippen LogP contribution in [0.5, 0.6) is 0 Å². The van der Waals surface area contributed by atoms with Crippen molar-refractivity contribution in [3.63, 3.8) is 0 Å². The van der Waals surface area contributed by atoms with Crippen molar-refractivity contribution >= 4 is 0 Å². The standard InChI is InChI=1S/C13H27NO2/c1-10(2)9-16-12-8-11(13(12,3)4)14-6-7-15-5/h10-12,14H,6-9H2,1-5H3. The van der Waals surface area contributed by atoms with Gasteiger partial charge in [-0.05, 0) is 12.3 Å². The predicted molar refractivity (Wildman–Crippen MR) is 66.6 cm³/mol. The maximum atomic E-state index is 5.92. The average Bonchev–Trinajstić information content (AvgIpc) is 2.20. The lowest BCUT2D eigenvalue weighted by molar-refractivity contribution is -0.124. The summed E-state index contributed by atoms with van der Waals surface area (Å²) in [5.74, 6) is 0.622. The first-order valence-corrected chi connectivity index (χ1v) is 6.32. The van der Waals surface area contributed by atoms with E-state index in [4.69, 9.17) is 9.47 Å². The van der Waals surface area contributed by atoms with E-state index < -0.39 is 0 Å². The van der Waals surface area contributed by atoms with Crippen LogP contribution in [0.1, 0.15) is 34.1 Å². The van der Waals surface area contributed by atoms with E-state index in [9.17, 15) is 0 Å². The molecule has 0 aromatic carbocycles. The summed E-state index contributed by atoms with van der Waals surface area (Å²) in [7, 11) is 1.74. The largest absolute Gasteiger partial charge is 0.383 e. The van der Waals surface area contributed by atoms with Crippen molar-refractivity contribution in [2.45, 2.75) is 46.3 Å². The molecule has 16 heavy (non-hydrogen) atoms. The molecule has 1 saturated carbocycles. The van der Waals surface area contributed by atoms with Crippen molar-refractivity contribution in [3.8, 4) is 0 Å². The molecular formula is C13H27NO2. The monoisotopic (exact) mass is 229 g/mol. The molecule has 0 aliphatic heterocycles. The van der Waals surface area contributed by atoms with Gasteiger partial charge in [0.05, 0.1) is 12.7 Å². The highest BCUT2D eigenvalue weighted by Gasteiger charge is 2.48. The van der Waals surface area contributed by atoms with Gasteiger partial charge in [0.1, 0.15) is 0 Å². The van der Waals surface area contributed by atoms with Gasteiger partial charge in [-0.25, -0.2) is 0 Å². The van der Waals surface area contributed by atoms with Crippen LogP contribution in [0.4, 0.5) is 0 Å². The van der Waals surface area contributed by atoms with Crippen molar-refractivity contribution in [3.05, 3.63) is 0 Å². The molecule has 0 spiro atoms. The molecule has 2 atom stereocenters. The van der Waals surface area contributed by atoms with E-state index in [1.807, 2.05) is 0 Å². The van der Waals surface area contributed by atoms with Crippen LogP contribution in [0.15, 0.2) is 0 Å². The first-order valence-electron chi connectivity index (χ1n) is 6.32. The molecule has 1 N–H and O–H groups in total. The van der Waals surface area contributed by atoms with E-state index in [1.54, 1.807) is 7.11 Å². The molecule has 1 rings (SSSR count). The van der Waals surface area contributed by atoms with Crippen molar-refractivity contribution in [2.75, 3.05) is 26.9 Å². The van der Waals surface area contributed by atoms with Crippen LogP contribution in [0.3, 0.4) is 0 Å². The topological polar surface area (TPSA) is 30.5 Å². The normalized spacial score (nSPS) is 28.1. The van der Waals surface area contributed by atoms with Crippen LogP contribution >= 0.6 is 0 Å². The van der Waals surface area contributed by atoms with Gasteiger partial charge in [-0.2, -0.15) is 0 Å². The molecule has 1 aliphatic carbocycles. The summed E-state index contributed by atoms with van der Waals surface area (Å²) in [5.41, 5.74) is 0.253. The van der Waals surface area contributed by atoms with E-state index >= 15 is 0 Å². The second-order valence-corrected chi connectivity index (χ2v) is 5.77. The molecule has 1 aliphatic rings. The minimum atomic E-state index is 0.253. The highest BCUT2D eigenvalue weighted by atomic mass is 16.5. The lowest BCUT2D eigenvalue weighted by Crippen LogP contribution is -2.61. The molecule has 3 heteroatoms. The molecule has 2 unspecified atom stereocenters. The van der Waals surface area contributed by atoms with Gasteiger partial charge in [-0.15, -0.1) is 0 Å². The Morgan fingerprint density at radius 2 is 2.06 bits per heavy atom. The van der Waals surface area contributed by atoms with Crippen molar-refractivity contribution < 1.29 is 9.47 Å². The molecule has 0 bridgehead atoms. The van der Waals surface area contributed by atoms with Crippen molar-refractivity contribution in [1.29, 1.82) is 0 Å². The Balaban J connectivity index is 2.24. The second-order valence-electron chi connectivity index (χ2n) is 5.77. The number of rotatable bonds is 7. The Kier molecular flexibility index (Phi) is 5.22. The molecule has 0 aromatic rings. The number of hydrogen-bond acceptors (Lipinski definition) is 3. The summed E-state index contributed by atoms with van der Waals surface area (Å²) >= 11 is 0. The number of methoxy groups -OCH3 is 1. The Hall–Kier alpha value is -0.120. The van der Waals surface area contributed by atoms with Crippen molar-refractivity contribution in [2.24, 2.45) is 11.3 Å². The lowest BCUT2D eigenvalue weighted by atomic mass is 9.64. The van der Waals surface area contributed by atoms with Crippen LogP contribution in [0.2, 0.25) is 0 Å². The predicted octanol–water partition coefficient (Wildman–Crippen LogP) is 2.06. The molecule has 0 heterocycles. The highest BCUT2D eigenvalue weighted by Crippen LogP contribution is 2.42. The van der Waals surface area contributed by atoms with Crippen LogP contribution in [0, 0.1) is 11.3 Å². The SMILES string of the molecule is COCCNC1CC(OCC(C)C)C1(C)C. The van der Waals surface area contributed by atoms with Gasteiger partial charge in [0.2, 0.25) is 0 Å². The van der Waals surface area contributed by atoms with Gasteiger partial charge in [0.25, 0.3) is 0 Å². The summed E-state index contributed by atoms with van der Waals surface area (Å²) in [6.45, 7) is 11.5. The van der Waals surface area contributed by atoms with Crippen LogP contribution in [-0.4, -0.2) is 39.0 Å². The van der Waals surface area contributed by atoms with Crippen LogP contribution in [0.25, 0.3) is 0 Å². The minimum absolute atomic E-state index is 0.253. The quantitative estimate of drug-likeness (QED) is 0.678. The van der Waals surface area contributed by atoms with E-state index in [2.05, 4.69) is 33.0 Å². The molecule has 0 saturated heterocycles. The van der Waals surface area contributed by atoms with Gasteiger partial charge in [-0.3, -0.25) is 0 Å². The lowest BCUT2D eigenvalue weighted by Gasteiger charge is -2.52. The van der Waals surface area contributed by atoms with Gasteiger partial charge < -0.3 is 14.8 Å². The third-order valence-corrected chi connectivity index (χ3v) is 3.51. The molecular weight excluding hydrogens is 202 g/mol. The van der Waals surface area contributed by atoms with Gasteiger partial charge in [0.15, 0.2) is 0 Å². The van der Waals surface area contributed by atoms with Crippen LogP contribution in [-0.2, 0) is 9.47 Å². The van der Waals surface area contributed by atoms with E-state index in [1.165, 1.54) is 0 Å². The Labute approximate surface area is 99.9 Å². The molecule has 3 nitrogen and oxygen atoms in total. The van der Waals surface area contributed by atoms with Gasteiger partial charge in [0, 0.05) is 31.7 Å². The third kappa shape index (κ3) is 3.44. The first kappa shape index (κ1) is 13.9. The Morgan fingerprint density at radius 1 is 1.38 bits per heavy atom. The molecule has 1 fully saturated rings. The maximum Gasteiger partial charge on any atom is 0.0656 e. The van der Waals surface area contributed by atoms with Crippen LogP contribution < -0.4 is 5.32 Å². The zero-order valence-corrected chi connectivity index (χ0v) is 11.4. The summed E-state index contributed by atoms with van der Waals surface area (Å²) < 4.78 is 11.0. The molecule has 0 radical (unpaired) electrons. The highest BCUT2D eigenvalue weighted by molar-refractivity contribution is 5.02. The fourth-order valence-electron chi connectivity index (χ4n) is 2.16. The number of hydrogen-bond donors (Lipinski definition) is 1. The molecule has 96 valence electrons. The minimum Gasteiger partial charge on any atom is -0.383 e. The van der Waals surface area contributed by atoms with E-state index in [-0.39, 0.29) is 5.41 Å². The summed E-state index contributed by atoms with van der Waals surface area (Å²) in [4.78, 5) is 0. The van der Waals surface area contributed by atoms with Crippen molar-refractivity contribution in [1.82, 2.24) is 5.32 Å². The summed E-state index contributed by atoms with van der Waals surface area (Å²) in [6, 6.07) is 0.569. The number of ether oxygens (including phenoxy) is 2. The first-order chi connectivity index (χ1) is 7.48. The smallest absolute Gasteiger partial charge is 0.0656 e. The van der Waals surface area contributed by atoms with E-state index in [0.29, 0.717) is 18.1 Å². The van der Waals surface area contributed by atoms with E-state index in [0.717, 1.165) is 26.2 Å². The third-order valence-electron chi connectivity index (χ3n) is 3.51. The van der Waals surface area contributed by atoms with Gasteiger partial charge >= 0.3 is 0 Å². The zero-order chi connectivity index (χ0) is 12.2. The fourth-order valence-corrected chi connectivity index (χ4v) is 2.16. The summed E-state index contributed by atoms with van der Waals surface area (Å²) in [5, 5.41) is 3.52. The second kappa shape index (κ2) is 5.99. The maximum absolute atomic E-state index is 5.92. The average molecular weight is 229 g/mol. The zero-order valence-electron chi connectivity index (χ0n) is 11.4.